The minimum atomic E-state index is -4.46. The Balaban J connectivity index is 1.73. The van der Waals surface area contributed by atoms with Crippen LogP contribution >= 0.6 is 0 Å². The number of carbonyl (C=O) groups is 1. The van der Waals surface area contributed by atoms with Crippen LogP contribution in [0, 0.1) is 0 Å². The molecule has 1 N–H and O–H groups in total. The normalized spacial score (nSPS) is 11.5. The summed E-state index contributed by atoms with van der Waals surface area (Å²) in [4.78, 5) is 24.5. The summed E-state index contributed by atoms with van der Waals surface area (Å²) in [6, 6.07) is 9.34. The summed E-state index contributed by atoms with van der Waals surface area (Å²) in [5.41, 5.74) is 0.187. The van der Waals surface area contributed by atoms with Crippen molar-refractivity contribution in [3.63, 3.8) is 0 Å². The van der Waals surface area contributed by atoms with Gasteiger partial charge in [-0.05, 0) is 24.3 Å². The highest BCUT2D eigenvalue weighted by Crippen LogP contribution is 2.32. The first kappa shape index (κ1) is 17.6. The third-order valence-corrected chi connectivity index (χ3v) is 3.87. The number of rotatable bonds is 3. The number of fused-ring (bicyclic) bond motifs is 1. The Kier molecular flexibility index (Phi) is 4.22. The monoisotopic (exact) mass is 384 g/mol. The molecule has 0 saturated carbocycles. The smallest absolute Gasteiger partial charge is 0.289 e. The third-order valence-electron chi connectivity index (χ3n) is 3.87. The van der Waals surface area contributed by atoms with Gasteiger partial charge in [-0.2, -0.15) is 18.3 Å². The fourth-order valence-corrected chi connectivity index (χ4v) is 2.59. The van der Waals surface area contributed by atoms with Crippen LogP contribution in [-0.2, 0) is 6.18 Å². The van der Waals surface area contributed by atoms with E-state index < -0.39 is 17.6 Å². The Bertz CT molecular complexity index is 1160. The lowest BCUT2D eigenvalue weighted by atomic mass is 10.1. The van der Waals surface area contributed by atoms with Crippen molar-refractivity contribution in [2.24, 2.45) is 0 Å². The molecule has 0 atom stereocenters. The molecule has 4 aromatic rings. The molecule has 7 nitrogen and oxygen atoms in total. The highest BCUT2D eigenvalue weighted by atomic mass is 19.4. The van der Waals surface area contributed by atoms with Gasteiger partial charge in [0.25, 0.3) is 5.91 Å². The lowest BCUT2D eigenvalue weighted by molar-refractivity contribution is -0.137. The van der Waals surface area contributed by atoms with Crippen LogP contribution in [0.3, 0.4) is 0 Å². The maximum absolute atomic E-state index is 13.0. The molecule has 0 bridgehead atoms. The van der Waals surface area contributed by atoms with Gasteiger partial charge in [-0.1, -0.05) is 12.1 Å². The Morgan fingerprint density at radius 3 is 2.50 bits per heavy atom. The highest BCUT2D eigenvalue weighted by molar-refractivity contribution is 6.02. The van der Waals surface area contributed by atoms with E-state index in [0.717, 1.165) is 12.1 Å². The van der Waals surface area contributed by atoms with E-state index in [1.165, 1.54) is 47.4 Å². The number of benzene rings is 1. The first-order chi connectivity index (χ1) is 13.4. The van der Waals surface area contributed by atoms with E-state index in [0.29, 0.717) is 5.65 Å². The predicted octanol–water partition coefficient (Wildman–Crippen LogP) is 3.46. The number of aromatic nitrogens is 5. The summed E-state index contributed by atoms with van der Waals surface area (Å²) in [6.07, 6.45) is -0.101. The van der Waals surface area contributed by atoms with Gasteiger partial charge in [-0.25, -0.2) is 19.5 Å². The quantitative estimate of drug-likeness (QED) is 0.585. The molecule has 3 aromatic heterocycles. The van der Waals surface area contributed by atoms with Crippen LogP contribution in [0.4, 0.5) is 19.1 Å². The summed E-state index contributed by atoms with van der Waals surface area (Å²) in [5, 5.41) is 6.78. The molecule has 4 rings (SSSR count). The van der Waals surface area contributed by atoms with Gasteiger partial charge < -0.3 is 0 Å². The van der Waals surface area contributed by atoms with Gasteiger partial charge in [0.15, 0.2) is 5.65 Å². The molecular formula is C18H11F3N6O. The minimum Gasteiger partial charge on any atom is -0.289 e. The number of nitrogens with one attached hydrogen (secondary N) is 1. The van der Waals surface area contributed by atoms with E-state index in [-0.39, 0.29) is 22.9 Å². The molecule has 0 radical (unpaired) electrons. The van der Waals surface area contributed by atoms with E-state index in [1.54, 1.807) is 6.07 Å². The second-order valence-electron chi connectivity index (χ2n) is 5.73. The van der Waals surface area contributed by atoms with Crippen LogP contribution in [-0.4, -0.2) is 30.5 Å². The standard InChI is InChI=1S/C18H11F3N6O/c19-18(20,21)12-4-1-3-11(9-12)13-10-15-22-8-5-14(27(15)26-13)16(28)25-17-23-6-2-7-24-17/h1-10H,(H,23,24,25,28). The van der Waals surface area contributed by atoms with E-state index in [9.17, 15) is 18.0 Å². The summed E-state index contributed by atoms with van der Waals surface area (Å²) in [6.45, 7) is 0. The van der Waals surface area contributed by atoms with Crippen LogP contribution in [0.25, 0.3) is 16.9 Å². The first-order valence-corrected chi connectivity index (χ1v) is 8.02. The number of alkyl halides is 3. The molecule has 0 unspecified atom stereocenters. The second kappa shape index (κ2) is 6.72. The van der Waals surface area contributed by atoms with Crippen molar-refractivity contribution in [1.29, 1.82) is 0 Å². The fourth-order valence-electron chi connectivity index (χ4n) is 2.59. The van der Waals surface area contributed by atoms with Gasteiger partial charge in [0.1, 0.15) is 5.69 Å². The molecule has 0 aliphatic rings. The number of hydrogen-bond acceptors (Lipinski definition) is 5. The second-order valence-corrected chi connectivity index (χ2v) is 5.73. The van der Waals surface area contributed by atoms with E-state index in [1.807, 2.05) is 0 Å². The lowest BCUT2D eigenvalue weighted by Gasteiger charge is -2.07. The maximum atomic E-state index is 13.0. The van der Waals surface area contributed by atoms with Crippen LogP contribution in [0.2, 0.25) is 0 Å². The van der Waals surface area contributed by atoms with E-state index in [4.69, 9.17) is 0 Å². The van der Waals surface area contributed by atoms with Crippen LogP contribution < -0.4 is 5.32 Å². The van der Waals surface area contributed by atoms with Crippen LogP contribution in [0.15, 0.2) is 61.1 Å². The molecule has 1 amide bonds. The van der Waals surface area contributed by atoms with Gasteiger partial charge in [0.2, 0.25) is 5.95 Å². The lowest BCUT2D eigenvalue weighted by Crippen LogP contribution is -2.18. The largest absolute Gasteiger partial charge is 0.416 e. The molecule has 140 valence electrons. The summed E-state index contributed by atoms with van der Waals surface area (Å²) in [7, 11) is 0. The Morgan fingerprint density at radius 1 is 0.964 bits per heavy atom. The molecular weight excluding hydrogens is 373 g/mol. The minimum absolute atomic E-state index is 0.114. The molecule has 0 aliphatic heterocycles. The third kappa shape index (κ3) is 3.39. The maximum Gasteiger partial charge on any atom is 0.416 e. The van der Waals surface area contributed by atoms with Crippen LogP contribution in [0.1, 0.15) is 16.1 Å². The fraction of sp³-hybridized carbons (Fsp3) is 0.0556. The SMILES string of the molecule is O=C(Nc1ncccn1)c1ccnc2cc(-c3cccc(C(F)(F)F)c3)nn12. The average molecular weight is 384 g/mol. The van der Waals surface area contributed by atoms with Gasteiger partial charge in [-0.15, -0.1) is 0 Å². The van der Waals surface area contributed by atoms with Crippen molar-refractivity contribution < 1.29 is 18.0 Å². The number of anilines is 1. The molecule has 0 fully saturated rings. The number of amides is 1. The van der Waals surface area contributed by atoms with Crippen LogP contribution in [0.5, 0.6) is 0 Å². The zero-order valence-electron chi connectivity index (χ0n) is 14.1. The highest BCUT2D eigenvalue weighted by Gasteiger charge is 2.30. The topological polar surface area (TPSA) is 85.1 Å². The van der Waals surface area contributed by atoms with Crippen molar-refractivity contribution in [3.05, 3.63) is 72.3 Å². The van der Waals surface area contributed by atoms with Crippen molar-refractivity contribution in [2.45, 2.75) is 6.18 Å². The Morgan fingerprint density at radius 2 is 1.75 bits per heavy atom. The van der Waals surface area contributed by atoms with E-state index >= 15 is 0 Å². The summed E-state index contributed by atoms with van der Waals surface area (Å²) in [5.74, 6) is -0.417. The average Bonchev–Trinajstić information content (AvgIpc) is 3.12. The molecule has 10 heteroatoms. The number of nitrogens with zero attached hydrogens (tertiary/aromatic N) is 5. The molecule has 0 saturated heterocycles. The van der Waals surface area contributed by atoms with Gasteiger partial charge in [0.05, 0.1) is 11.3 Å². The first-order valence-electron chi connectivity index (χ1n) is 8.02. The number of carbonyl (C=O) groups excluding carboxylic acids is 1. The molecule has 1 aromatic carbocycles. The number of hydrogen-bond donors (Lipinski definition) is 1. The zero-order chi connectivity index (χ0) is 19.7. The van der Waals surface area contributed by atoms with Crippen molar-refractivity contribution in [2.75, 3.05) is 5.32 Å². The van der Waals surface area contributed by atoms with E-state index in [2.05, 4.69) is 25.4 Å². The molecule has 28 heavy (non-hydrogen) atoms. The number of halogens is 3. The zero-order valence-corrected chi connectivity index (χ0v) is 14.1. The van der Waals surface area contributed by atoms with Gasteiger partial charge in [0, 0.05) is 30.2 Å². The van der Waals surface area contributed by atoms with Crippen molar-refractivity contribution >= 4 is 17.5 Å². The predicted molar refractivity (Wildman–Crippen MR) is 93.4 cm³/mol. The van der Waals surface area contributed by atoms with Gasteiger partial charge in [-0.3, -0.25) is 10.1 Å². The van der Waals surface area contributed by atoms with Crippen molar-refractivity contribution in [1.82, 2.24) is 24.6 Å². The molecule has 3 heterocycles. The molecule has 0 spiro atoms. The molecule has 0 aliphatic carbocycles. The van der Waals surface area contributed by atoms with Gasteiger partial charge >= 0.3 is 6.18 Å². The summed E-state index contributed by atoms with van der Waals surface area (Å²) < 4.78 is 40.1. The Labute approximate surface area is 155 Å². The Hall–Kier alpha value is -3.82. The summed E-state index contributed by atoms with van der Waals surface area (Å²) >= 11 is 0. The van der Waals surface area contributed by atoms with Crippen molar-refractivity contribution in [3.8, 4) is 11.3 Å².